The lowest BCUT2D eigenvalue weighted by molar-refractivity contribution is 0.0992. The molecule has 176 valence electrons. The fourth-order valence-electron chi connectivity index (χ4n) is 5.01. The average molecular weight is 478 g/mol. The SMILES string of the molecule is CCN1C(=O)c2cccc3c(NC(=O)c4ccc(S(=O)(=O)N5CCCC[C@@H]5C)cc4)ccc1c23. The van der Waals surface area contributed by atoms with Crippen molar-refractivity contribution in [3.8, 4) is 0 Å². The molecule has 1 saturated heterocycles. The third-order valence-corrected chi connectivity index (χ3v) is 8.84. The molecule has 0 aromatic heterocycles. The summed E-state index contributed by atoms with van der Waals surface area (Å²) in [6.07, 6.45) is 2.75. The first-order chi connectivity index (χ1) is 16.3. The van der Waals surface area contributed by atoms with Crippen molar-refractivity contribution < 1.29 is 18.0 Å². The van der Waals surface area contributed by atoms with Crippen LogP contribution in [0.3, 0.4) is 0 Å². The fraction of sp³-hybridized carbons (Fsp3) is 0.308. The number of piperidine rings is 1. The van der Waals surface area contributed by atoms with E-state index >= 15 is 0 Å². The lowest BCUT2D eigenvalue weighted by Crippen LogP contribution is -2.41. The summed E-state index contributed by atoms with van der Waals surface area (Å²) in [4.78, 5) is 27.6. The van der Waals surface area contributed by atoms with Gasteiger partial charge >= 0.3 is 0 Å². The van der Waals surface area contributed by atoms with Gasteiger partial charge in [-0.05, 0) is 69.2 Å². The van der Waals surface area contributed by atoms with Crippen LogP contribution in [0.1, 0.15) is 53.8 Å². The molecule has 3 aromatic carbocycles. The monoisotopic (exact) mass is 477 g/mol. The number of rotatable bonds is 5. The third-order valence-electron chi connectivity index (χ3n) is 6.81. The maximum Gasteiger partial charge on any atom is 0.258 e. The zero-order valence-corrected chi connectivity index (χ0v) is 20.1. The maximum atomic E-state index is 13.1. The van der Waals surface area contributed by atoms with E-state index in [1.165, 1.54) is 12.1 Å². The molecule has 2 heterocycles. The summed E-state index contributed by atoms with van der Waals surface area (Å²) >= 11 is 0. The molecule has 0 saturated carbocycles. The molecule has 3 aromatic rings. The topological polar surface area (TPSA) is 86.8 Å². The Labute approximate surface area is 199 Å². The zero-order valence-electron chi connectivity index (χ0n) is 19.2. The number of benzene rings is 3. The van der Waals surface area contributed by atoms with Gasteiger partial charge in [-0.2, -0.15) is 4.31 Å². The third kappa shape index (κ3) is 3.58. The van der Waals surface area contributed by atoms with Crippen molar-refractivity contribution in [2.75, 3.05) is 23.3 Å². The minimum atomic E-state index is -3.59. The molecule has 0 bridgehead atoms. The predicted molar refractivity (Wildman–Crippen MR) is 133 cm³/mol. The highest BCUT2D eigenvalue weighted by atomic mass is 32.2. The van der Waals surface area contributed by atoms with E-state index in [1.54, 1.807) is 33.5 Å². The van der Waals surface area contributed by atoms with Crippen LogP contribution < -0.4 is 10.2 Å². The first kappa shape index (κ1) is 22.6. The number of amides is 2. The Bertz CT molecular complexity index is 1400. The van der Waals surface area contributed by atoms with Gasteiger partial charge in [-0.15, -0.1) is 0 Å². The molecule has 0 radical (unpaired) electrons. The summed E-state index contributed by atoms with van der Waals surface area (Å²) in [5.74, 6) is -0.376. The van der Waals surface area contributed by atoms with Crippen molar-refractivity contribution >= 4 is 44.0 Å². The summed E-state index contributed by atoms with van der Waals surface area (Å²) in [7, 11) is -3.59. The summed E-state index contributed by atoms with van der Waals surface area (Å²) < 4.78 is 27.7. The molecule has 0 unspecified atom stereocenters. The van der Waals surface area contributed by atoms with Crippen molar-refractivity contribution in [1.82, 2.24) is 4.31 Å². The second-order valence-corrected chi connectivity index (χ2v) is 10.7. The molecule has 1 N–H and O–H groups in total. The number of anilines is 2. The van der Waals surface area contributed by atoms with Gasteiger partial charge < -0.3 is 10.2 Å². The second kappa shape index (κ2) is 8.52. The van der Waals surface area contributed by atoms with E-state index in [0.29, 0.717) is 29.9 Å². The van der Waals surface area contributed by atoms with E-state index in [0.717, 1.165) is 35.7 Å². The van der Waals surface area contributed by atoms with Crippen LogP contribution in [0.2, 0.25) is 0 Å². The zero-order chi connectivity index (χ0) is 24.0. The molecule has 2 aliphatic rings. The molecule has 2 amide bonds. The molecular weight excluding hydrogens is 450 g/mol. The smallest absolute Gasteiger partial charge is 0.258 e. The van der Waals surface area contributed by atoms with Crippen LogP contribution in [0, 0.1) is 0 Å². The van der Waals surface area contributed by atoms with Gasteiger partial charge in [0, 0.05) is 46.7 Å². The van der Waals surface area contributed by atoms with E-state index in [-0.39, 0.29) is 22.8 Å². The molecule has 0 aliphatic carbocycles. The highest BCUT2D eigenvalue weighted by Gasteiger charge is 2.31. The van der Waals surface area contributed by atoms with Crippen LogP contribution >= 0.6 is 0 Å². The van der Waals surface area contributed by atoms with Gasteiger partial charge in [-0.1, -0.05) is 18.6 Å². The number of nitrogens with zero attached hydrogens (tertiary/aromatic N) is 2. The summed E-state index contributed by atoms with van der Waals surface area (Å²) in [6, 6.07) is 15.2. The highest BCUT2D eigenvalue weighted by Crippen LogP contribution is 2.40. The van der Waals surface area contributed by atoms with E-state index in [1.807, 2.05) is 32.0 Å². The lowest BCUT2D eigenvalue weighted by Gasteiger charge is -2.32. The molecule has 5 rings (SSSR count). The Kier molecular flexibility index (Phi) is 5.65. The Morgan fingerprint density at radius 3 is 2.53 bits per heavy atom. The van der Waals surface area contributed by atoms with E-state index < -0.39 is 10.0 Å². The molecule has 0 spiro atoms. The normalized spacial score (nSPS) is 18.5. The van der Waals surface area contributed by atoms with Crippen molar-refractivity contribution in [1.29, 1.82) is 0 Å². The second-order valence-electron chi connectivity index (χ2n) is 8.85. The molecule has 7 nitrogen and oxygen atoms in total. The van der Waals surface area contributed by atoms with Crippen molar-refractivity contribution in [3.63, 3.8) is 0 Å². The molecular formula is C26H27N3O4S. The van der Waals surface area contributed by atoms with Crippen LogP contribution in [0.5, 0.6) is 0 Å². The van der Waals surface area contributed by atoms with Crippen LogP contribution in [-0.4, -0.2) is 43.7 Å². The van der Waals surface area contributed by atoms with Crippen LogP contribution in [0.4, 0.5) is 11.4 Å². The fourth-order valence-corrected chi connectivity index (χ4v) is 6.71. The Morgan fingerprint density at radius 1 is 1.06 bits per heavy atom. The molecule has 1 fully saturated rings. The minimum Gasteiger partial charge on any atom is -0.321 e. The van der Waals surface area contributed by atoms with Gasteiger partial charge in [0.15, 0.2) is 0 Å². The lowest BCUT2D eigenvalue weighted by atomic mass is 10.0. The highest BCUT2D eigenvalue weighted by molar-refractivity contribution is 7.89. The van der Waals surface area contributed by atoms with Gasteiger partial charge in [-0.3, -0.25) is 9.59 Å². The van der Waals surface area contributed by atoms with Crippen LogP contribution in [-0.2, 0) is 10.0 Å². The van der Waals surface area contributed by atoms with E-state index in [4.69, 9.17) is 0 Å². The van der Waals surface area contributed by atoms with Crippen molar-refractivity contribution in [2.45, 2.75) is 44.0 Å². The first-order valence-corrected chi connectivity index (χ1v) is 13.1. The summed E-state index contributed by atoms with van der Waals surface area (Å²) in [6.45, 7) is 4.96. The van der Waals surface area contributed by atoms with Crippen LogP contribution in [0.15, 0.2) is 59.5 Å². The molecule has 34 heavy (non-hydrogen) atoms. The summed E-state index contributed by atoms with van der Waals surface area (Å²) in [5, 5.41) is 4.57. The first-order valence-electron chi connectivity index (χ1n) is 11.6. The van der Waals surface area contributed by atoms with Crippen molar-refractivity contribution in [3.05, 3.63) is 65.7 Å². The molecule has 2 aliphatic heterocycles. The van der Waals surface area contributed by atoms with Crippen molar-refractivity contribution in [2.24, 2.45) is 0 Å². The van der Waals surface area contributed by atoms with Gasteiger partial charge in [0.25, 0.3) is 11.8 Å². The predicted octanol–water partition coefficient (Wildman–Crippen LogP) is 4.64. The van der Waals surface area contributed by atoms with Gasteiger partial charge in [0.05, 0.1) is 10.6 Å². The number of hydrogen-bond donors (Lipinski definition) is 1. The Hall–Kier alpha value is -3.23. The molecule has 1 atom stereocenters. The maximum absolute atomic E-state index is 13.1. The number of sulfonamides is 1. The Morgan fingerprint density at radius 2 is 1.82 bits per heavy atom. The quantitative estimate of drug-likeness (QED) is 0.580. The number of nitrogens with one attached hydrogen (secondary N) is 1. The summed E-state index contributed by atoms with van der Waals surface area (Å²) in [5.41, 5.74) is 2.44. The van der Waals surface area contributed by atoms with Gasteiger partial charge in [0.2, 0.25) is 10.0 Å². The van der Waals surface area contributed by atoms with Crippen LogP contribution in [0.25, 0.3) is 10.8 Å². The van der Waals surface area contributed by atoms with E-state index in [2.05, 4.69) is 5.32 Å². The van der Waals surface area contributed by atoms with Gasteiger partial charge in [0.1, 0.15) is 0 Å². The average Bonchev–Trinajstić information content (AvgIpc) is 3.13. The van der Waals surface area contributed by atoms with Gasteiger partial charge in [-0.25, -0.2) is 8.42 Å². The standard InChI is InChI=1S/C26H27N3O4S/c1-3-28-23-15-14-22(20-8-6-9-21(24(20)23)26(28)31)27-25(30)18-10-12-19(13-11-18)34(32,33)29-16-5-4-7-17(29)2/h6,8-15,17H,3-5,7,16H2,1-2H3,(H,27,30)/t17-/m0/s1. The molecule has 8 heteroatoms. The number of carbonyl (C=O) groups excluding carboxylic acids is 2. The number of carbonyl (C=O) groups is 2. The number of hydrogen-bond acceptors (Lipinski definition) is 4. The van der Waals surface area contributed by atoms with E-state index in [9.17, 15) is 18.0 Å². The Balaban J connectivity index is 1.41. The minimum absolute atomic E-state index is 0.0268. The largest absolute Gasteiger partial charge is 0.321 e.